The van der Waals surface area contributed by atoms with Crippen molar-refractivity contribution in [2.75, 3.05) is 10.6 Å². The molecule has 0 saturated carbocycles. The van der Waals surface area contributed by atoms with Crippen molar-refractivity contribution in [1.29, 1.82) is 0 Å². The summed E-state index contributed by atoms with van der Waals surface area (Å²) in [7, 11) is 0. The zero-order chi connectivity index (χ0) is 15.9. The Morgan fingerprint density at radius 1 is 1.09 bits per heavy atom. The van der Waals surface area contributed by atoms with Gasteiger partial charge in [-0.25, -0.2) is 4.98 Å². The summed E-state index contributed by atoms with van der Waals surface area (Å²) in [5.74, 6) is 0.801. The molecule has 1 aromatic heterocycles. The second-order valence-electron chi connectivity index (χ2n) is 5.59. The van der Waals surface area contributed by atoms with Crippen molar-refractivity contribution in [3.05, 3.63) is 47.7 Å². The number of unbranched alkanes of at least 4 members (excludes halogenated alkanes) is 1. The Kier molecular flexibility index (Phi) is 5.53. The Morgan fingerprint density at radius 3 is 2.41 bits per heavy atom. The zero-order valence-electron chi connectivity index (χ0n) is 13.4. The molecule has 1 heterocycles. The van der Waals surface area contributed by atoms with Gasteiger partial charge in [-0.05, 0) is 55.7 Å². The van der Waals surface area contributed by atoms with Gasteiger partial charge >= 0.3 is 0 Å². The van der Waals surface area contributed by atoms with Crippen molar-refractivity contribution >= 4 is 23.1 Å². The second-order valence-corrected chi connectivity index (χ2v) is 5.59. The van der Waals surface area contributed by atoms with Crippen molar-refractivity contribution in [1.82, 2.24) is 4.98 Å². The van der Waals surface area contributed by atoms with Gasteiger partial charge in [-0.15, -0.1) is 0 Å². The fourth-order valence-corrected chi connectivity index (χ4v) is 2.30. The van der Waals surface area contributed by atoms with E-state index in [9.17, 15) is 4.79 Å². The highest BCUT2D eigenvalue weighted by Gasteiger charge is 2.03. The molecule has 4 heteroatoms. The van der Waals surface area contributed by atoms with E-state index in [-0.39, 0.29) is 5.91 Å². The number of carbonyl (C=O) groups is 1. The van der Waals surface area contributed by atoms with Crippen molar-refractivity contribution in [3.8, 4) is 0 Å². The number of aromatic nitrogens is 1. The first-order valence-electron chi connectivity index (χ1n) is 7.68. The molecule has 0 aliphatic carbocycles. The van der Waals surface area contributed by atoms with Crippen LogP contribution in [-0.4, -0.2) is 10.9 Å². The van der Waals surface area contributed by atoms with Crippen molar-refractivity contribution in [3.63, 3.8) is 0 Å². The molecule has 1 amide bonds. The van der Waals surface area contributed by atoms with Gasteiger partial charge in [0.15, 0.2) is 0 Å². The average molecular weight is 297 g/mol. The largest absolute Gasteiger partial charge is 0.340 e. The fourth-order valence-electron chi connectivity index (χ4n) is 2.30. The van der Waals surface area contributed by atoms with Crippen molar-refractivity contribution in [2.24, 2.45) is 0 Å². The molecular weight excluding hydrogens is 274 g/mol. The fraction of sp³-hybridized carbons (Fsp3) is 0.333. The summed E-state index contributed by atoms with van der Waals surface area (Å²) in [6.07, 6.45) is 4.16. The molecule has 2 aromatic rings. The molecule has 0 saturated heterocycles. The number of nitrogens with zero attached hydrogens (tertiary/aromatic N) is 1. The minimum absolute atomic E-state index is 0.0404. The number of anilines is 3. The minimum atomic E-state index is 0.0404. The van der Waals surface area contributed by atoms with Crippen LogP contribution in [0, 0.1) is 13.8 Å². The van der Waals surface area contributed by atoms with Crippen LogP contribution < -0.4 is 10.6 Å². The molecule has 22 heavy (non-hydrogen) atoms. The predicted molar refractivity (Wildman–Crippen MR) is 91.6 cm³/mol. The summed E-state index contributed by atoms with van der Waals surface area (Å²) >= 11 is 0. The molecule has 2 N–H and O–H groups in total. The lowest BCUT2D eigenvalue weighted by atomic mass is 10.1. The number of amides is 1. The summed E-state index contributed by atoms with van der Waals surface area (Å²) < 4.78 is 0. The molecule has 0 radical (unpaired) electrons. The summed E-state index contributed by atoms with van der Waals surface area (Å²) in [6.45, 7) is 6.21. The summed E-state index contributed by atoms with van der Waals surface area (Å²) in [5.41, 5.74) is 4.17. The first kappa shape index (κ1) is 16.0. The monoisotopic (exact) mass is 297 g/mol. The van der Waals surface area contributed by atoms with Crippen molar-refractivity contribution < 1.29 is 4.79 Å². The van der Waals surface area contributed by atoms with Gasteiger partial charge in [0.25, 0.3) is 0 Å². The maximum atomic E-state index is 11.7. The van der Waals surface area contributed by atoms with Gasteiger partial charge < -0.3 is 10.6 Å². The molecule has 0 spiro atoms. The number of carbonyl (C=O) groups excluding carboxylic acids is 1. The molecule has 4 nitrogen and oxygen atoms in total. The van der Waals surface area contributed by atoms with Crippen LogP contribution in [0.15, 0.2) is 36.5 Å². The Morgan fingerprint density at radius 2 is 1.82 bits per heavy atom. The highest BCUT2D eigenvalue weighted by Crippen LogP contribution is 2.19. The topological polar surface area (TPSA) is 54.0 Å². The summed E-state index contributed by atoms with van der Waals surface area (Å²) in [4.78, 5) is 16.0. The normalized spacial score (nSPS) is 10.3. The van der Waals surface area contributed by atoms with Crippen LogP contribution in [0.1, 0.15) is 37.3 Å². The van der Waals surface area contributed by atoms with Gasteiger partial charge in [-0.1, -0.05) is 19.4 Å². The maximum absolute atomic E-state index is 11.7. The smallest absolute Gasteiger partial charge is 0.224 e. The standard InChI is InChI=1S/C18H23N3O/c1-4-5-6-18(22)21-15-7-8-17(19-12-15)20-16-10-13(2)9-14(3)11-16/h7-12H,4-6H2,1-3H3,(H,19,20)(H,21,22). The number of hydrogen-bond donors (Lipinski definition) is 2. The molecule has 0 bridgehead atoms. The van der Waals surface area contributed by atoms with E-state index >= 15 is 0 Å². The molecule has 116 valence electrons. The van der Waals surface area contributed by atoms with Crippen molar-refractivity contribution in [2.45, 2.75) is 40.0 Å². The number of pyridine rings is 1. The number of benzene rings is 1. The number of hydrogen-bond acceptors (Lipinski definition) is 3. The lowest BCUT2D eigenvalue weighted by Gasteiger charge is -2.09. The summed E-state index contributed by atoms with van der Waals surface area (Å²) in [6, 6.07) is 10.0. The Balaban J connectivity index is 1.98. The summed E-state index contributed by atoms with van der Waals surface area (Å²) in [5, 5.41) is 6.13. The molecule has 0 aliphatic rings. The zero-order valence-corrected chi connectivity index (χ0v) is 13.4. The third-order valence-electron chi connectivity index (χ3n) is 3.30. The minimum Gasteiger partial charge on any atom is -0.340 e. The molecular formula is C18H23N3O. The van der Waals surface area contributed by atoms with E-state index in [0.717, 1.165) is 30.0 Å². The Hall–Kier alpha value is -2.36. The quantitative estimate of drug-likeness (QED) is 0.821. The molecule has 2 rings (SSSR count). The number of rotatable bonds is 6. The third kappa shape index (κ3) is 4.88. The number of aryl methyl sites for hydroxylation is 2. The van der Waals surface area contributed by atoms with Gasteiger partial charge in [-0.2, -0.15) is 0 Å². The van der Waals surface area contributed by atoms with Gasteiger partial charge in [0.1, 0.15) is 5.82 Å². The second kappa shape index (κ2) is 7.59. The third-order valence-corrected chi connectivity index (χ3v) is 3.30. The Labute approximate surface area is 132 Å². The van der Waals surface area contributed by atoms with E-state index in [1.54, 1.807) is 6.20 Å². The number of nitrogens with one attached hydrogen (secondary N) is 2. The first-order valence-corrected chi connectivity index (χ1v) is 7.68. The molecule has 0 aliphatic heterocycles. The lowest BCUT2D eigenvalue weighted by molar-refractivity contribution is -0.116. The van der Waals surface area contributed by atoms with Crippen LogP contribution in [0.3, 0.4) is 0 Å². The highest BCUT2D eigenvalue weighted by atomic mass is 16.1. The van der Waals surface area contributed by atoms with E-state index < -0.39 is 0 Å². The van der Waals surface area contributed by atoms with Crippen LogP contribution >= 0.6 is 0 Å². The van der Waals surface area contributed by atoms with E-state index in [1.165, 1.54) is 11.1 Å². The van der Waals surface area contributed by atoms with Crippen LogP contribution in [0.2, 0.25) is 0 Å². The lowest BCUT2D eigenvalue weighted by Crippen LogP contribution is -2.11. The van der Waals surface area contributed by atoms with Crippen LogP contribution in [0.5, 0.6) is 0 Å². The van der Waals surface area contributed by atoms with Crippen LogP contribution in [-0.2, 0) is 4.79 Å². The predicted octanol–water partition coefficient (Wildman–Crippen LogP) is 4.57. The molecule has 0 unspecified atom stereocenters. The van der Waals surface area contributed by atoms with Gasteiger partial charge in [0.05, 0.1) is 11.9 Å². The van der Waals surface area contributed by atoms with Gasteiger partial charge in [0, 0.05) is 12.1 Å². The van der Waals surface area contributed by atoms with E-state index in [4.69, 9.17) is 0 Å². The van der Waals surface area contributed by atoms with Crippen LogP contribution in [0.4, 0.5) is 17.2 Å². The maximum Gasteiger partial charge on any atom is 0.224 e. The van der Waals surface area contributed by atoms with Gasteiger partial charge in [0.2, 0.25) is 5.91 Å². The van der Waals surface area contributed by atoms with E-state index in [0.29, 0.717) is 6.42 Å². The van der Waals surface area contributed by atoms with Crippen LogP contribution in [0.25, 0.3) is 0 Å². The SMILES string of the molecule is CCCCC(=O)Nc1ccc(Nc2cc(C)cc(C)c2)nc1. The molecule has 0 atom stereocenters. The first-order chi connectivity index (χ1) is 10.6. The van der Waals surface area contributed by atoms with E-state index in [1.807, 2.05) is 12.1 Å². The Bertz CT molecular complexity index is 615. The highest BCUT2D eigenvalue weighted by molar-refractivity contribution is 5.90. The average Bonchev–Trinajstić information content (AvgIpc) is 2.46. The van der Waals surface area contributed by atoms with Gasteiger partial charge in [-0.3, -0.25) is 4.79 Å². The molecule has 0 fully saturated rings. The molecule has 1 aromatic carbocycles. The van der Waals surface area contributed by atoms with E-state index in [2.05, 4.69) is 54.6 Å².